The lowest BCUT2D eigenvalue weighted by molar-refractivity contribution is -0.0788. The SMILES string of the molecule is N#CB1CCc2nc(N3CCN(c4ncc(C(=O)OF)cn4)CC3)ncc2C1. The Labute approximate surface area is 161 Å². The zero-order valence-electron chi connectivity index (χ0n) is 15.1. The third kappa shape index (κ3) is 3.58. The van der Waals surface area contributed by atoms with Gasteiger partial charge >= 0.3 is 5.97 Å². The summed E-state index contributed by atoms with van der Waals surface area (Å²) in [5, 5.41) is 9.10. The fraction of sp³-hybridized carbons (Fsp3) is 0.412. The van der Waals surface area contributed by atoms with E-state index in [1.165, 1.54) is 12.4 Å². The molecule has 0 radical (unpaired) electrons. The van der Waals surface area contributed by atoms with Gasteiger partial charge in [-0.3, -0.25) is 0 Å². The van der Waals surface area contributed by atoms with Crippen LogP contribution in [0.5, 0.6) is 0 Å². The van der Waals surface area contributed by atoms with Crippen LogP contribution in [0.4, 0.5) is 16.4 Å². The molecule has 1 fully saturated rings. The largest absolute Gasteiger partial charge is 0.382 e. The highest BCUT2D eigenvalue weighted by molar-refractivity contribution is 6.66. The number of aryl methyl sites for hydroxylation is 1. The smallest absolute Gasteiger partial charge is 0.337 e. The number of nitriles is 1. The number of hydrogen-bond acceptors (Lipinski definition) is 9. The van der Waals surface area contributed by atoms with Gasteiger partial charge in [0.15, 0.2) is 0 Å². The van der Waals surface area contributed by atoms with Crippen molar-refractivity contribution in [2.75, 3.05) is 36.0 Å². The molecule has 0 spiro atoms. The van der Waals surface area contributed by atoms with Crippen LogP contribution in [0.3, 0.4) is 0 Å². The Morgan fingerprint density at radius 2 is 1.75 bits per heavy atom. The first-order chi connectivity index (χ1) is 13.7. The molecule has 0 atom stereocenters. The van der Waals surface area contributed by atoms with E-state index in [0.29, 0.717) is 38.1 Å². The molecule has 0 unspecified atom stereocenters. The number of nitrogens with zero attached hydrogens (tertiary/aromatic N) is 7. The average Bonchev–Trinajstić information content (AvgIpc) is 2.78. The quantitative estimate of drug-likeness (QED) is 0.714. The summed E-state index contributed by atoms with van der Waals surface area (Å²) in [5.74, 6) is 2.40. The van der Waals surface area contributed by atoms with Gasteiger partial charge in [-0.2, -0.15) is 0 Å². The van der Waals surface area contributed by atoms with Crippen molar-refractivity contribution < 1.29 is 14.3 Å². The van der Waals surface area contributed by atoms with Gasteiger partial charge in [-0.1, -0.05) is 6.32 Å². The van der Waals surface area contributed by atoms with E-state index >= 15 is 0 Å². The number of halogens is 1. The van der Waals surface area contributed by atoms with Gasteiger partial charge in [0, 0.05) is 61.0 Å². The van der Waals surface area contributed by atoms with E-state index in [4.69, 9.17) is 10.2 Å². The van der Waals surface area contributed by atoms with Crippen molar-refractivity contribution in [3.05, 3.63) is 35.4 Å². The van der Waals surface area contributed by atoms with Crippen LogP contribution in [0, 0.1) is 11.2 Å². The normalized spacial score (nSPS) is 16.4. The predicted molar refractivity (Wildman–Crippen MR) is 98.6 cm³/mol. The summed E-state index contributed by atoms with van der Waals surface area (Å²) < 4.78 is 11.9. The molecular formula is C17H17BFN7O2. The standard InChI is InChI=1S/C17H17BFN7O2/c19-28-15(27)13-9-21-16(22-10-13)25-3-5-26(6-4-25)17-23-8-12-7-18(11-20)2-1-14(12)24-17/h8-10H,1-7H2. The first-order valence-corrected chi connectivity index (χ1v) is 9.07. The van der Waals surface area contributed by atoms with Gasteiger partial charge < -0.3 is 9.80 Å². The lowest BCUT2D eigenvalue weighted by atomic mass is 9.43. The predicted octanol–water partition coefficient (Wildman–Crippen LogP) is 0.830. The second-order valence-electron chi connectivity index (χ2n) is 6.82. The molecule has 2 aliphatic heterocycles. The van der Waals surface area contributed by atoms with Crippen LogP contribution in [-0.4, -0.2) is 58.8 Å². The van der Waals surface area contributed by atoms with E-state index in [1.807, 2.05) is 11.1 Å². The van der Waals surface area contributed by atoms with E-state index in [-0.39, 0.29) is 12.3 Å². The number of fused-ring (bicyclic) bond motifs is 1. The van der Waals surface area contributed by atoms with Gasteiger partial charge in [0.1, 0.15) is 5.56 Å². The lowest BCUT2D eigenvalue weighted by Gasteiger charge is -2.35. The zero-order chi connectivity index (χ0) is 19.5. The fourth-order valence-corrected chi connectivity index (χ4v) is 3.50. The Hall–Kier alpha value is -3.29. The minimum atomic E-state index is -1.11. The summed E-state index contributed by atoms with van der Waals surface area (Å²) in [6, 6.07) is 0. The van der Waals surface area contributed by atoms with Gasteiger partial charge in [-0.05, 0) is 18.3 Å². The molecule has 1 saturated heterocycles. The van der Waals surface area contributed by atoms with Gasteiger partial charge in [-0.25, -0.2) is 34.9 Å². The fourth-order valence-electron chi connectivity index (χ4n) is 3.50. The number of carbonyl (C=O) groups excluding carboxylic acids is 1. The van der Waals surface area contributed by atoms with Crippen molar-refractivity contribution >= 4 is 24.6 Å². The molecule has 2 aromatic heterocycles. The van der Waals surface area contributed by atoms with Crippen molar-refractivity contribution in [2.24, 2.45) is 0 Å². The van der Waals surface area contributed by atoms with Crippen molar-refractivity contribution in [1.29, 1.82) is 5.26 Å². The molecule has 0 bridgehead atoms. The Bertz CT molecular complexity index is 913. The molecule has 0 N–H and O–H groups in total. The maximum Gasteiger partial charge on any atom is 0.382 e. The highest BCUT2D eigenvalue weighted by Gasteiger charge is 2.26. The zero-order valence-corrected chi connectivity index (χ0v) is 15.1. The summed E-state index contributed by atoms with van der Waals surface area (Å²) in [7, 11) is 0. The molecule has 9 nitrogen and oxygen atoms in total. The van der Waals surface area contributed by atoms with Crippen LogP contribution in [-0.2, 0) is 17.7 Å². The summed E-state index contributed by atoms with van der Waals surface area (Å²) >= 11 is 0. The molecule has 142 valence electrons. The lowest BCUT2D eigenvalue weighted by Crippen LogP contribution is -2.47. The van der Waals surface area contributed by atoms with Crippen LogP contribution in [0.25, 0.3) is 0 Å². The molecule has 0 saturated carbocycles. The van der Waals surface area contributed by atoms with E-state index in [9.17, 15) is 9.32 Å². The van der Waals surface area contributed by atoms with Gasteiger partial charge in [0.25, 0.3) is 6.71 Å². The minimum Gasteiger partial charge on any atom is -0.337 e. The summed E-state index contributed by atoms with van der Waals surface area (Å²) in [6.07, 6.45) is 6.72. The van der Waals surface area contributed by atoms with Crippen molar-refractivity contribution in [2.45, 2.75) is 19.1 Å². The van der Waals surface area contributed by atoms with E-state index in [1.54, 1.807) is 0 Å². The molecule has 0 aliphatic carbocycles. The number of piperazine rings is 1. The van der Waals surface area contributed by atoms with Crippen LogP contribution in [0.15, 0.2) is 18.6 Å². The molecular weight excluding hydrogens is 364 g/mol. The van der Waals surface area contributed by atoms with Gasteiger partial charge in [0.2, 0.25) is 11.9 Å². The van der Waals surface area contributed by atoms with Crippen LogP contribution < -0.4 is 9.80 Å². The maximum atomic E-state index is 11.9. The summed E-state index contributed by atoms with van der Waals surface area (Å²) in [5.41, 5.74) is 2.07. The Kier molecular flexibility index (Phi) is 5.01. The topological polar surface area (TPSA) is 108 Å². The third-order valence-electron chi connectivity index (χ3n) is 5.11. The third-order valence-corrected chi connectivity index (χ3v) is 5.11. The molecule has 4 heterocycles. The average molecular weight is 381 g/mol. The number of rotatable bonds is 3. The van der Waals surface area contributed by atoms with Crippen molar-refractivity contribution in [1.82, 2.24) is 19.9 Å². The molecule has 0 aromatic carbocycles. The molecule has 28 heavy (non-hydrogen) atoms. The molecule has 2 aliphatic rings. The van der Waals surface area contributed by atoms with E-state index in [0.717, 1.165) is 30.3 Å². The Balaban J connectivity index is 1.39. The van der Waals surface area contributed by atoms with Crippen molar-refractivity contribution in [3.8, 4) is 5.97 Å². The Morgan fingerprint density at radius 3 is 2.39 bits per heavy atom. The minimum absolute atomic E-state index is 0.0361. The number of hydrogen-bond donors (Lipinski definition) is 0. The van der Waals surface area contributed by atoms with Crippen LogP contribution >= 0.6 is 0 Å². The van der Waals surface area contributed by atoms with Gasteiger partial charge in [-0.15, -0.1) is 0 Å². The molecule has 0 amide bonds. The van der Waals surface area contributed by atoms with Gasteiger partial charge in [0.05, 0.1) is 0 Å². The molecule has 11 heteroatoms. The first kappa shape index (κ1) is 18.1. The Morgan fingerprint density at radius 1 is 1.11 bits per heavy atom. The summed E-state index contributed by atoms with van der Waals surface area (Å²) in [6.45, 7) is 2.81. The monoisotopic (exact) mass is 381 g/mol. The first-order valence-electron chi connectivity index (χ1n) is 9.07. The second kappa shape index (κ2) is 7.76. The maximum absolute atomic E-state index is 11.9. The van der Waals surface area contributed by atoms with Crippen molar-refractivity contribution in [3.63, 3.8) is 0 Å². The van der Waals surface area contributed by atoms with Crippen LogP contribution in [0.2, 0.25) is 6.32 Å². The second-order valence-corrected chi connectivity index (χ2v) is 6.82. The highest BCUT2D eigenvalue weighted by Crippen LogP contribution is 2.22. The van der Waals surface area contributed by atoms with E-state index in [2.05, 4.69) is 30.8 Å². The number of aromatic nitrogens is 4. The summed E-state index contributed by atoms with van der Waals surface area (Å²) in [4.78, 5) is 35.8. The van der Waals surface area contributed by atoms with E-state index < -0.39 is 5.97 Å². The molecule has 2 aromatic rings. The van der Waals surface area contributed by atoms with Crippen LogP contribution in [0.1, 0.15) is 21.6 Å². The number of carbonyl (C=O) groups is 1. The number of anilines is 2. The highest BCUT2D eigenvalue weighted by atomic mass is 19.3. The molecule has 4 rings (SSSR count).